The highest BCUT2D eigenvalue weighted by Gasteiger charge is 2.07. The zero-order valence-corrected chi connectivity index (χ0v) is 20.9. The van der Waals surface area contributed by atoms with E-state index in [4.69, 9.17) is 5.11 Å². The first-order valence-electron chi connectivity index (χ1n) is 13.2. The summed E-state index contributed by atoms with van der Waals surface area (Å²) >= 11 is 0. The number of carbonyl (C=O) groups is 1. The Hall–Kier alpha value is -2.13. The summed E-state index contributed by atoms with van der Waals surface area (Å²) in [5.41, 5.74) is 1.33. The van der Waals surface area contributed by atoms with Gasteiger partial charge in [-0.25, -0.2) is 0 Å². The van der Waals surface area contributed by atoms with Crippen molar-refractivity contribution >= 4 is 5.78 Å². The Balaban J connectivity index is 1.83. The molecule has 1 aromatic heterocycles. The van der Waals surface area contributed by atoms with Crippen LogP contribution in [0, 0.1) is 0 Å². The smallest absolute Gasteiger partial charge is 0.179 e. The summed E-state index contributed by atoms with van der Waals surface area (Å²) in [6, 6.07) is 3.55. The number of rotatable bonds is 21. The van der Waals surface area contributed by atoms with Crippen LogP contribution in [0.4, 0.5) is 0 Å². The topological polar surface area (TPSA) is 53.1 Å². The molecule has 2 N–H and O–H groups in total. The van der Waals surface area contributed by atoms with Gasteiger partial charge in [-0.3, -0.25) is 4.79 Å². The van der Waals surface area contributed by atoms with Gasteiger partial charge in [-0.15, -0.1) is 0 Å². The molecular formula is C30H47NO2. The molecule has 0 aliphatic rings. The van der Waals surface area contributed by atoms with E-state index in [0.717, 1.165) is 38.5 Å². The number of hydrogen-bond acceptors (Lipinski definition) is 2. The average molecular weight is 454 g/mol. The van der Waals surface area contributed by atoms with Crippen molar-refractivity contribution in [1.82, 2.24) is 4.98 Å². The van der Waals surface area contributed by atoms with Gasteiger partial charge in [0.2, 0.25) is 0 Å². The number of ketones is 1. The number of H-pyrrole nitrogens is 1. The number of hydrogen-bond donors (Lipinski definition) is 2. The van der Waals surface area contributed by atoms with Gasteiger partial charge in [-0.05, 0) is 57.1 Å². The van der Waals surface area contributed by atoms with Crippen molar-refractivity contribution in [2.75, 3.05) is 0 Å². The molecule has 1 rings (SSSR count). The van der Waals surface area contributed by atoms with Crippen LogP contribution in [0.15, 0.2) is 60.7 Å². The summed E-state index contributed by atoms with van der Waals surface area (Å²) < 4.78 is 0. The highest BCUT2D eigenvalue weighted by Crippen LogP contribution is 2.13. The first-order valence-corrected chi connectivity index (χ1v) is 13.2. The Morgan fingerprint density at radius 2 is 1.24 bits per heavy atom. The van der Waals surface area contributed by atoms with E-state index in [1.54, 1.807) is 12.1 Å². The van der Waals surface area contributed by atoms with Crippen LogP contribution < -0.4 is 0 Å². The van der Waals surface area contributed by atoms with Crippen LogP contribution in [0.2, 0.25) is 0 Å². The molecule has 0 amide bonds. The van der Waals surface area contributed by atoms with Gasteiger partial charge in [0.25, 0.3) is 0 Å². The molecule has 3 heteroatoms. The number of aromatic nitrogens is 1. The monoisotopic (exact) mass is 453 g/mol. The van der Waals surface area contributed by atoms with E-state index in [1.807, 2.05) is 0 Å². The molecule has 0 unspecified atom stereocenters. The molecule has 0 fully saturated rings. The summed E-state index contributed by atoms with van der Waals surface area (Å²) in [6.07, 6.45) is 35.3. The number of unbranched alkanes of at least 4 members (excludes halogenated alkanes) is 9. The Morgan fingerprint density at radius 1 is 0.727 bits per heavy atom. The molecule has 0 aromatic carbocycles. The standard InChI is InChI=1S/C30H47NO2/c1-2-3-4-5-6-7-8-9-10-11-12-13-14-15-16-17-18-19-20-21-22-23-24-30(33)29-26-25-28(27-32)31-29/h3-4,6-7,9-10,12-13,25-26,31-32H,2,5,8,11,14-24,27H2,1H3. The van der Waals surface area contributed by atoms with Crippen molar-refractivity contribution in [1.29, 1.82) is 0 Å². The number of Topliss-reactive ketones (excluding diaryl/α,β-unsaturated/α-hetero) is 1. The fourth-order valence-corrected chi connectivity index (χ4v) is 3.71. The number of nitrogens with one attached hydrogen (secondary N) is 1. The second-order valence-corrected chi connectivity index (χ2v) is 8.70. The minimum atomic E-state index is -0.0439. The van der Waals surface area contributed by atoms with Gasteiger partial charge in [0, 0.05) is 12.1 Å². The molecule has 0 saturated heterocycles. The maximum atomic E-state index is 12.1. The van der Waals surface area contributed by atoms with Gasteiger partial charge in [0.05, 0.1) is 12.3 Å². The van der Waals surface area contributed by atoms with E-state index >= 15 is 0 Å². The van der Waals surface area contributed by atoms with Crippen LogP contribution in [0.3, 0.4) is 0 Å². The van der Waals surface area contributed by atoms with Gasteiger partial charge in [-0.2, -0.15) is 0 Å². The van der Waals surface area contributed by atoms with Gasteiger partial charge in [0.1, 0.15) is 0 Å². The summed E-state index contributed by atoms with van der Waals surface area (Å²) in [5.74, 6) is 0.156. The number of carbonyl (C=O) groups excluding carboxylic acids is 1. The predicted molar refractivity (Wildman–Crippen MR) is 143 cm³/mol. The molecule has 0 radical (unpaired) electrons. The maximum absolute atomic E-state index is 12.1. The van der Waals surface area contributed by atoms with Gasteiger partial charge >= 0.3 is 0 Å². The maximum Gasteiger partial charge on any atom is 0.179 e. The van der Waals surface area contributed by atoms with E-state index in [2.05, 4.69) is 60.5 Å². The lowest BCUT2D eigenvalue weighted by molar-refractivity contribution is 0.0974. The van der Waals surface area contributed by atoms with Gasteiger partial charge in [0.15, 0.2) is 5.78 Å². The zero-order chi connectivity index (χ0) is 23.8. The molecule has 0 aliphatic heterocycles. The molecule has 3 nitrogen and oxygen atoms in total. The molecule has 184 valence electrons. The molecule has 1 heterocycles. The molecule has 0 saturated carbocycles. The second-order valence-electron chi connectivity index (χ2n) is 8.70. The third kappa shape index (κ3) is 17.1. The van der Waals surface area contributed by atoms with Crippen molar-refractivity contribution in [2.24, 2.45) is 0 Å². The second kappa shape index (κ2) is 21.7. The number of aromatic amines is 1. The fraction of sp³-hybridized carbons (Fsp3) is 0.567. The van der Waals surface area contributed by atoms with E-state index in [-0.39, 0.29) is 12.4 Å². The molecular weight excluding hydrogens is 406 g/mol. The molecule has 0 atom stereocenters. The van der Waals surface area contributed by atoms with E-state index < -0.39 is 0 Å². The Kier molecular flexibility index (Phi) is 19.0. The molecule has 33 heavy (non-hydrogen) atoms. The lowest BCUT2D eigenvalue weighted by atomic mass is 10.0. The summed E-state index contributed by atoms with van der Waals surface area (Å²) in [5, 5.41) is 9.04. The molecule has 1 aromatic rings. The van der Waals surface area contributed by atoms with Crippen molar-refractivity contribution in [3.63, 3.8) is 0 Å². The minimum absolute atomic E-state index is 0.0439. The number of aliphatic hydroxyl groups excluding tert-OH is 1. The van der Waals surface area contributed by atoms with Crippen molar-refractivity contribution in [2.45, 2.75) is 110 Å². The van der Waals surface area contributed by atoms with Crippen LogP contribution in [-0.2, 0) is 6.61 Å². The van der Waals surface area contributed by atoms with Crippen LogP contribution in [-0.4, -0.2) is 15.9 Å². The first-order chi connectivity index (χ1) is 16.3. The average Bonchev–Trinajstić information content (AvgIpc) is 3.32. The fourth-order valence-electron chi connectivity index (χ4n) is 3.71. The van der Waals surface area contributed by atoms with Gasteiger partial charge in [-0.1, -0.05) is 100 Å². The minimum Gasteiger partial charge on any atom is -0.390 e. The van der Waals surface area contributed by atoms with E-state index in [1.165, 1.54) is 51.4 Å². The lowest BCUT2D eigenvalue weighted by Gasteiger charge is -2.02. The molecule has 0 bridgehead atoms. The van der Waals surface area contributed by atoms with Crippen molar-refractivity contribution < 1.29 is 9.90 Å². The Bertz CT molecular complexity index is 709. The zero-order valence-electron chi connectivity index (χ0n) is 20.9. The van der Waals surface area contributed by atoms with E-state index in [0.29, 0.717) is 17.8 Å². The SMILES string of the molecule is CCC=CCC=CCC=CCC=CCCCCCCCCCCCC(=O)c1ccc(CO)[nH]1. The number of allylic oxidation sites excluding steroid dienone is 8. The van der Waals surface area contributed by atoms with E-state index in [9.17, 15) is 4.79 Å². The Morgan fingerprint density at radius 3 is 1.79 bits per heavy atom. The summed E-state index contributed by atoms with van der Waals surface area (Å²) in [6.45, 7) is 2.12. The van der Waals surface area contributed by atoms with Crippen LogP contribution in [0.5, 0.6) is 0 Å². The molecule has 0 aliphatic carbocycles. The third-order valence-corrected chi connectivity index (χ3v) is 5.71. The summed E-state index contributed by atoms with van der Waals surface area (Å²) in [4.78, 5) is 15.0. The highest BCUT2D eigenvalue weighted by molar-refractivity contribution is 5.94. The summed E-state index contributed by atoms with van der Waals surface area (Å²) in [7, 11) is 0. The third-order valence-electron chi connectivity index (χ3n) is 5.71. The largest absolute Gasteiger partial charge is 0.390 e. The van der Waals surface area contributed by atoms with Crippen molar-refractivity contribution in [3.8, 4) is 0 Å². The van der Waals surface area contributed by atoms with Crippen LogP contribution in [0.25, 0.3) is 0 Å². The quantitative estimate of drug-likeness (QED) is 0.111. The predicted octanol–water partition coefficient (Wildman–Crippen LogP) is 8.79. The Labute approximate surface area is 202 Å². The van der Waals surface area contributed by atoms with Gasteiger partial charge < -0.3 is 10.1 Å². The number of aliphatic hydroxyl groups is 1. The molecule has 0 spiro atoms. The normalized spacial score (nSPS) is 12.3. The lowest BCUT2D eigenvalue weighted by Crippen LogP contribution is -1.99. The first kappa shape index (κ1) is 28.9. The van der Waals surface area contributed by atoms with Crippen LogP contribution >= 0.6 is 0 Å². The van der Waals surface area contributed by atoms with Crippen LogP contribution in [0.1, 0.15) is 119 Å². The highest BCUT2D eigenvalue weighted by atomic mass is 16.3. The van der Waals surface area contributed by atoms with Crippen molar-refractivity contribution in [3.05, 3.63) is 72.1 Å².